The summed E-state index contributed by atoms with van der Waals surface area (Å²) < 4.78 is 13.1. The van der Waals surface area contributed by atoms with Gasteiger partial charge in [-0.2, -0.15) is 0 Å². The number of nitrogens with zero attached hydrogens (tertiary/aromatic N) is 2. The van der Waals surface area contributed by atoms with Crippen LogP contribution < -0.4 is 5.73 Å². The van der Waals surface area contributed by atoms with Crippen molar-refractivity contribution in [3.05, 3.63) is 29.6 Å². The first-order chi connectivity index (χ1) is 9.47. The topological polar surface area (TPSA) is 66.6 Å². The van der Waals surface area contributed by atoms with Gasteiger partial charge < -0.3 is 10.6 Å². The van der Waals surface area contributed by atoms with Gasteiger partial charge in [0.2, 0.25) is 5.91 Å². The SMILES string of the molecule is CC(=O)N1CCN(CC(=O)c2ccc(F)c(N)c2)CC1. The molecule has 0 saturated carbocycles. The highest BCUT2D eigenvalue weighted by molar-refractivity contribution is 5.98. The Labute approximate surface area is 117 Å². The lowest BCUT2D eigenvalue weighted by Crippen LogP contribution is -2.49. The molecule has 1 aliphatic rings. The van der Waals surface area contributed by atoms with Crippen LogP contribution in [0.25, 0.3) is 0 Å². The molecule has 1 heterocycles. The minimum Gasteiger partial charge on any atom is -0.396 e. The number of nitrogen functional groups attached to an aromatic ring is 1. The molecule has 0 radical (unpaired) electrons. The van der Waals surface area contributed by atoms with E-state index in [2.05, 4.69) is 0 Å². The van der Waals surface area contributed by atoms with Crippen LogP contribution in [0.15, 0.2) is 18.2 Å². The molecule has 0 unspecified atom stereocenters. The first-order valence-corrected chi connectivity index (χ1v) is 6.53. The average Bonchev–Trinajstić information content (AvgIpc) is 2.42. The van der Waals surface area contributed by atoms with E-state index in [1.54, 1.807) is 11.8 Å². The number of hydrogen-bond donors (Lipinski definition) is 1. The Kier molecular flexibility index (Phi) is 4.34. The summed E-state index contributed by atoms with van der Waals surface area (Å²) in [7, 11) is 0. The number of ketones is 1. The highest BCUT2D eigenvalue weighted by atomic mass is 19.1. The third kappa shape index (κ3) is 3.33. The van der Waals surface area contributed by atoms with Crippen LogP contribution in [0.3, 0.4) is 0 Å². The quantitative estimate of drug-likeness (QED) is 0.655. The molecule has 2 rings (SSSR count). The summed E-state index contributed by atoms with van der Waals surface area (Å²) in [6.07, 6.45) is 0. The van der Waals surface area contributed by atoms with Gasteiger partial charge in [-0.05, 0) is 18.2 Å². The van der Waals surface area contributed by atoms with Crippen molar-refractivity contribution in [1.82, 2.24) is 9.80 Å². The summed E-state index contributed by atoms with van der Waals surface area (Å²) in [4.78, 5) is 27.0. The third-order valence-corrected chi connectivity index (χ3v) is 3.50. The number of carbonyl (C=O) groups is 2. The van der Waals surface area contributed by atoms with E-state index < -0.39 is 5.82 Å². The Bertz CT molecular complexity index is 525. The molecular weight excluding hydrogens is 261 g/mol. The van der Waals surface area contributed by atoms with E-state index in [4.69, 9.17) is 5.73 Å². The molecule has 0 aliphatic carbocycles. The van der Waals surface area contributed by atoms with Gasteiger partial charge in [-0.25, -0.2) is 4.39 Å². The fraction of sp³-hybridized carbons (Fsp3) is 0.429. The van der Waals surface area contributed by atoms with Crippen LogP contribution in [0, 0.1) is 5.82 Å². The van der Waals surface area contributed by atoms with Crippen LogP contribution in [0.5, 0.6) is 0 Å². The molecule has 6 heteroatoms. The number of nitrogens with two attached hydrogens (primary N) is 1. The van der Waals surface area contributed by atoms with Gasteiger partial charge in [0.15, 0.2) is 5.78 Å². The van der Waals surface area contributed by atoms with E-state index >= 15 is 0 Å². The Balaban J connectivity index is 1.92. The van der Waals surface area contributed by atoms with Crippen LogP contribution in [-0.4, -0.2) is 54.2 Å². The second kappa shape index (κ2) is 6.00. The lowest BCUT2D eigenvalue weighted by Gasteiger charge is -2.33. The molecule has 1 aromatic carbocycles. The lowest BCUT2D eigenvalue weighted by atomic mass is 10.1. The first kappa shape index (κ1) is 14.5. The summed E-state index contributed by atoms with van der Waals surface area (Å²) in [5.41, 5.74) is 5.86. The molecule has 108 valence electrons. The van der Waals surface area contributed by atoms with Gasteiger partial charge in [-0.3, -0.25) is 14.5 Å². The zero-order valence-electron chi connectivity index (χ0n) is 11.4. The smallest absolute Gasteiger partial charge is 0.219 e. The number of Topliss-reactive ketones (excluding diaryl/α,β-unsaturated/α-hetero) is 1. The van der Waals surface area contributed by atoms with Crippen LogP contribution in [0.2, 0.25) is 0 Å². The van der Waals surface area contributed by atoms with E-state index in [-0.39, 0.29) is 23.9 Å². The van der Waals surface area contributed by atoms with Gasteiger partial charge in [0.1, 0.15) is 5.82 Å². The van der Waals surface area contributed by atoms with Crippen molar-refractivity contribution in [2.24, 2.45) is 0 Å². The zero-order chi connectivity index (χ0) is 14.7. The summed E-state index contributed by atoms with van der Waals surface area (Å²) in [5, 5.41) is 0. The molecule has 0 aromatic heterocycles. The lowest BCUT2D eigenvalue weighted by molar-refractivity contribution is -0.130. The second-order valence-electron chi connectivity index (χ2n) is 4.94. The van der Waals surface area contributed by atoms with Crippen LogP contribution in [0.4, 0.5) is 10.1 Å². The van der Waals surface area contributed by atoms with Crippen molar-refractivity contribution in [2.75, 3.05) is 38.5 Å². The molecule has 20 heavy (non-hydrogen) atoms. The number of hydrogen-bond acceptors (Lipinski definition) is 4. The predicted molar refractivity (Wildman–Crippen MR) is 73.8 cm³/mol. The van der Waals surface area contributed by atoms with Crippen LogP contribution in [0.1, 0.15) is 17.3 Å². The summed E-state index contributed by atoms with van der Waals surface area (Å²) in [6.45, 7) is 4.41. The molecule has 1 amide bonds. The minimum atomic E-state index is -0.517. The zero-order valence-corrected chi connectivity index (χ0v) is 11.4. The summed E-state index contributed by atoms with van der Waals surface area (Å²) >= 11 is 0. The van der Waals surface area contributed by atoms with E-state index in [0.29, 0.717) is 31.7 Å². The predicted octanol–water partition coefficient (Wildman–Crippen LogP) is 0.755. The number of halogens is 1. The maximum absolute atomic E-state index is 13.1. The highest BCUT2D eigenvalue weighted by Gasteiger charge is 2.20. The van der Waals surface area contributed by atoms with Gasteiger partial charge in [0.25, 0.3) is 0 Å². The van der Waals surface area contributed by atoms with Crippen LogP contribution in [-0.2, 0) is 4.79 Å². The summed E-state index contributed by atoms with van der Waals surface area (Å²) in [5.74, 6) is -0.549. The van der Waals surface area contributed by atoms with Crippen molar-refractivity contribution in [1.29, 1.82) is 0 Å². The van der Waals surface area contributed by atoms with Gasteiger partial charge in [-0.15, -0.1) is 0 Å². The van der Waals surface area contributed by atoms with E-state index in [1.807, 2.05) is 4.90 Å². The second-order valence-corrected chi connectivity index (χ2v) is 4.94. The summed E-state index contributed by atoms with van der Waals surface area (Å²) in [6, 6.07) is 4.01. The number of anilines is 1. The normalized spacial score (nSPS) is 16.2. The molecule has 0 spiro atoms. The molecule has 1 fully saturated rings. The minimum absolute atomic E-state index is 0.0164. The van der Waals surface area contributed by atoms with E-state index in [0.717, 1.165) is 0 Å². The van der Waals surface area contributed by atoms with Crippen LogP contribution >= 0.6 is 0 Å². The Morgan fingerprint density at radius 3 is 2.45 bits per heavy atom. The Morgan fingerprint density at radius 1 is 1.25 bits per heavy atom. The molecular formula is C14H18FN3O2. The number of carbonyl (C=O) groups excluding carboxylic acids is 2. The van der Waals surface area contributed by atoms with Gasteiger partial charge in [0.05, 0.1) is 12.2 Å². The number of amides is 1. The molecule has 1 aliphatic heterocycles. The Hall–Kier alpha value is -1.95. The monoisotopic (exact) mass is 279 g/mol. The fourth-order valence-corrected chi connectivity index (χ4v) is 2.23. The number of rotatable bonds is 3. The van der Waals surface area contributed by atoms with Crippen molar-refractivity contribution in [3.8, 4) is 0 Å². The molecule has 0 bridgehead atoms. The van der Waals surface area contributed by atoms with Gasteiger partial charge in [0, 0.05) is 38.7 Å². The van der Waals surface area contributed by atoms with E-state index in [9.17, 15) is 14.0 Å². The first-order valence-electron chi connectivity index (χ1n) is 6.53. The number of piperazine rings is 1. The molecule has 1 saturated heterocycles. The Morgan fingerprint density at radius 2 is 1.90 bits per heavy atom. The molecule has 1 aromatic rings. The van der Waals surface area contributed by atoms with Gasteiger partial charge in [-0.1, -0.05) is 0 Å². The third-order valence-electron chi connectivity index (χ3n) is 3.50. The maximum atomic E-state index is 13.1. The fourth-order valence-electron chi connectivity index (χ4n) is 2.23. The molecule has 2 N–H and O–H groups in total. The maximum Gasteiger partial charge on any atom is 0.219 e. The molecule has 0 atom stereocenters. The average molecular weight is 279 g/mol. The van der Waals surface area contributed by atoms with Crippen molar-refractivity contribution < 1.29 is 14.0 Å². The van der Waals surface area contributed by atoms with Crippen molar-refractivity contribution in [3.63, 3.8) is 0 Å². The van der Waals surface area contributed by atoms with E-state index in [1.165, 1.54) is 18.2 Å². The van der Waals surface area contributed by atoms with Gasteiger partial charge >= 0.3 is 0 Å². The van der Waals surface area contributed by atoms with Crippen molar-refractivity contribution in [2.45, 2.75) is 6.92 Å². The van der Waals surface area contributed by atoms with Crippen molar-refractivity contribution >= 4 is 17.4 Å². The standard InChI is InChI=1S/C14H18FN3O2/c1-10(19)18-6-4-17(5-7-18)9-14(20)11-2-3-12(15)13(16)8-11/h2-3,8H,4-7,9,16H2,1H3. The molecule has 5 nitrogen and oxygen atoms in total. The number of benzene rings is 1. The highest BCUT2D eigenvalue weighted by Crippen LogP contribution is 2.13. The largest absolute Gasteiger partial charge is 0.396 e.